The van der Waals surface area contributed by atoms with Crippen molar-refractivity contribution in [2.75, 3.05) is 4.90 Å². The Morgan fingerprint density at radius 2 is 0.895 bits per heavy atom. The Labute approximate surface area is 527 Å². The summed E-state index contributed by atoms with van der Waals surface area (Å²) in [6, 6.07) is 10.5. The summed E-state index contributed by atoms with van der Waals surface area (Å²) >= 11 is 6.60. The Kier molecular flexibility index (Phi) is 38.9. The fourth-order valence-electron chi connectivity index (χ4n) is 14.1. The van der Waals surface area contributed by atoms with E-state index in [0.717, 1.165) is 71.0 Å². The molecule has 4 heterocycles. The number of hydrogen-bond acceptors (Lipinski definition) is 3. The molecule has 3 aliphatic heterocycles. The number of allylic oxidation sites excluding steroid dienone is 2. The molecule has 0 N–H and O–H groups in total. The maximum atomic E-state index is 7.81. The summed E-state index contributed by atoms with van der Waals surface area (Å²) in [5.74, 6) is 10.9. The van der Waals surface area contributed by atoms with Crippen molar-refractivity contribution in [3.05, 3.63) is 141 Å². The van der Waals surface area contributed by atoms with Gasteiger partial charge in [-0.1, -0.05) is 122 Å². The molecule has 4 fully saturated rings. The van der Waals surface area contributed by atoms with E-state index in [4.69, 9.17) is 3.83 Å². The quantitative estimate of drug-likeness (QED) is 0.146. The topological polar surface area (TPSA) is 32.4 Å². The van der Waals surface area contributed by atoms with E-state index in [-0.39, 0.29) is 93.3 Å². The second-order valence-corrected chi connectivity index (χ2v) is 23.0. The Hall–Kier alpha value is -0.553. The zero-order valence-corrected chi connectivity index (χ0v) is 57.2. The van der Waals surface area contributed by atoms with Crippen molar-refractivity contribution in [3.63, 3.8) is 0 Å². The molecule has 0 saturated heterocycles. The predicted octanol–water partition coefficient (Wildman–Crippen LogP) is 15.0. The fraction of sp³-hybridized carbons (Fsp3) is 0.594. The molecule has 447 valence electrons. The van der Waals surface area contributed by atoms with Crippen molar-refractivity contribution >= 4 is 21.9 Å². The third kappa shape index (κ3) is 17.7. The number of benzene rings is 2. The number of anilines is 1. The van der Waals surface area contributed by atoms with E-state index in [1.165, 1.54) is 94.7 Å². The first-order valence-electron chi connectivity index (χ1n) is 26.2. The average Bonchev–Trinajstić information content (AvgIpc) is 4.17. The molecule has 76 heavy (non-hydrogen) atoms. The Morgan fingerprint density at radius 1 is 0.553 bits per heavy atom. The molecule has 3 aromatic rings. The number of aryl methyl sites for hydroxylation is 6. The summed E-state index contributed by atoms with van der Waals surface area (Å²) in [7, 11) is 4.20. The van der Waals surface area contributed by atoms with Crippen LogP contribution < -0.4 is 21.9 Å². The molecule has 7 aliphatic rings. The molecule has 4 aliphatic carbocycles. The van der Waals surface area contributed by atoms with Crippen LogP contribution >= 0.6 is 10.1 Å². The van der Waals surface area contributed by atoms with Gasteiger partial charge in [0, 0.05) is 40.4 Å². The van der Waals surface area contributed by atoms with Gasteiger partial charge in [-0.25, -0.2) is 9.13 Å². The van der Waals surface area contributed by atoms with Gasteiger partial charge in [0.05, 0.1) is 0 Å². The zero-order chi connectivity index (χ0) is 50.6. The molecular weight excluding hydrogens is 1210 g/mol. The molecular formula is C64H102Cl2Cu3Fe2N4O. The van der Waals surface area contributed by atoms with Crippen LogP contribution in [0.1, 0.15) is 167 Å². The molecule has 1 aromatic heterocycles. The maximum absolute atomic E-state index is 7.81. The number of nitrogens with zero attached hydrogens (tertiary/aromatic N) is 4. The second kappa shape index (κ2) is 36.1. The fourth-order valence-corrected chi connectivity index (χ4v) is 14.1. The molecule has 4 unspecified atom stereocenters. The van der Waals surface area contributed by atoms with Crippen molar-refractivity contribution in [1.29, 1.82) is 0 Å². The van der Waals surface area contributed by atoms with Crippen LogP contribution in [0.15, 0.2) is 65.9 Å². The summed E-state index contributed by atoms with van der Waals surface area (Å²) < 4.78 is 12.7. The molecule has 10 rings (SSSR count). The number of fused-ring (bicyclic) bond motifs is 6. The van der Waals surface area contributed by atoms with Gasteiger partial charge in [0.15, 0.2) is 5.69 Å². The normalized spacial score (nSPS) is 29.2. The van der Waals surface area contributed by atoms with E-state index < -0.39 is 0 Å². The van der Waals surface area contributed by atoms with Gasteiger partial charge in [-0.15, -0.1) is 0 Å². The van der Waals surface area contributed by atoms with Gasteiger partial charge in [0.2, 0.25) is 6.33 Å². The number of halogens is 2. The number of rotatable bonds is 2. The van der Waals surface area contributed by atoms with Crippen molar-refractivity contribution in [2.45, 2.75) is 175 Å². The number of aromatic nitrogens is 2. The molecule has 5 nitrogen and oxygen atoms in total. The predicted molar refractivity (Wildman–Crippen MR) is 306 cm³/mol. The number of hydrogen-bond donors (Lipinski definition) is 0. The molecule has 4 atom stereocenters. The van der Waals surface area contributed by atoms with E-state index in [1.54, 1.807) is 11.1 Å². The molecule has 0 spiro atoms. The van der Waals surface area contributed by atoms with Crippen LogP contribution in [0, 0.1) is 149 Å². The third-order valence-corrected chi connectivity index (χ3v) is 19.3. The SMILES string of the molecule is CC1=CC2=CN(c3c(C)cc(C)cc3C)[CH-]N2C2CCCC12.CC1=Cc2c[n+](-c3c(C)cc(C)cc3C)cn2C2CCCC12.CC1C(C)C(C)C(C)C1C.CC1C(C)C(C)C(C)C1C.[CH3-].[CH3-].[CH3-].[CH3-].[Cl-].[Cl][Cu+].[Cu].[Fe+2].[Fe+2].[O]=[Cu]. The van der Waals surface area contributed by atoms with Crippen LogP contribution in [0.4, 0.5) is 5.69 Å². The standard InChI is InChI=1S/2C20H25N2.2C10H20.4CH3.2ClH.3Cu.2Fe.O/c2*1-13-8-15(3)20(16(4)9-13)21-11-17-10-14(2)18-6-5-7-19(18)22(17)12-21;2*1-6-7(2)9(4)10(5)8(6)3;;;;;;;;;;;;/h2*8-12,18-19H,5-7H2,1-4H3;2*6-10H,1-5H3;4*1H3;2*1H;;;;;;/q-1;+1;;;4*-1;;;;;3*+2;/p-2. The van der Waals surface area contributed by atoms with Crippen LogP contribution in [-0.2, 0) is 86.1 Å². The van der Waals surface area contributed by atoms with E-state index >= 15 is 0 Å². The van der Waals surface area contributed by atoms with Crippen molar-refractivity contribution < 1.29 is 103 Å². The van der Waals surface area contributed by atoms with Gasteiger partial charge in [0.1, 0.15) is 17.9 Å². The van der Waals surface area contributed by atoms with Crippen LogP contribution in [-0.4, -0.2) is 15.5 Å². The van der Waals surface area contributed by atoms with Gasteiger partial charge < -0.3 is 51.9 Å². The minimum atomic E-state index is 0. The molecule has 0 amide bonds. The van der Waals surface area contributed by atoms with E-state index in [2.05, 4.69) is 247 Å². The van der Waals surface area contributed by atoms with Crippen LogP contribution in [0.25, 0.3) is 11.8 Å². The van der Waals surface area contributed by atoms with E-state index in [0.29, 0.717) is 12.1 Å². The first-order valence-corrected chi connectivity index (χ1v) is 27.9. The minimum absolute atomic E-state index is 0. The van der Waals surface area contributed by atoms with Crippen molar-refractivity contribution in [2.24, 2.45) is 71.0 Å². The molecule has 12 heteroatoms. The Morgan fingerprint density at radius 3 is 1.29 bits per heavy atom. The average molecular weight is 1320 g/mol. The molecule has 0 bridgehead atoms. The number of imidazole rings is 1. The van der Waals surface area contributed by atoms with Gasteiger partial charge in [-0.3, -0.25) is 0 Å². The first kappa shape index (κ1) is 81.9. The van der Waals surface area contributed by atoms with Gasteiger partial charge >= 0.3 is 79.1 Å². The van der Waals surface area contributed by atoms with E-state index in [1.807, 2.05) is 0 Å². The molecule has 2 aromatic carbocycles. The molecule has 1 radical (unpaired) electrons. The zero-order valence-electron chi connectivity index (χ0n) is 50.7. The Balaban J connectivity index is -0.000000452. The summed E-state index contributed by atoms with van der Waals surface area (Å²) in [4.78, 5) is 4.85. The van der Waals surface area contributed by atoms with Crippen molar-refractivity contribution in [3.8, 4) is 5.69 Å². The van der Waals surface area contributed by atoms with Gasteiger partial charge in [0.25, 0.3) is 0 Å². The second-order valence-electron chi connectivity index (χ2n) is 23.0. The summed E-state index contributed by atoms with van der Waals surface area (Å²) in [6.45, 7) is 44.2. The van der Waals surface area contributed by atoms with Crippen molar-refractivity contribution in [1.82, 2.24) is 9.47 Å². The summed E-state index contributed by atoms with van der Waals surface area (Å²) in [6.07, 6.45) is 19.8. The van der Waals surface area contributed by atoms with Crippen LogP contribution in [0.5, 0.6) is 0 Å². The monoisotopic (exact) mass is 1310 g/mol. The summed E-state index contributed by atoms with van der Waals surface area (Å²) in [5.41, 5.74) is 16.6. The van der Waals surface area contributed by atoms with Crippen LogP contribution in [0.3, 0.4) is 0 Å². The van der Waals surface area contributed by atoms with Crippen LogP contribution in [0.2, 0.25) is 0 Å². The van der Waals surface area contributed by atoms with Gasteiger partial charge in [-0.2, -0.15) is 6.67 Å². The summed E-state index contributed by atoms with van der Waals surface area (Å²) in [5, 5.41) is 0. The Bertz CT molecular complexity index is 2140. The van der Waals surface area contributed by atoms with E-state index in [9.17, 15) is 0 Å². The molecule has 4 saturated carbocycles. The van der Waals surface area contributed by atoms with Gasteiger partial charge in [-0.05, 0) is 193 Å². The first-order chi connectivity index (χ1) is 32.2. The third-order valence-electron chi connectivity index (χ3n) is 19.3.